The monoisotopic (exact) mass is 464 g/mol. The highest BCUT2D eigenvalue weighted by molar-refractivity contribution is 7.92. The van der Waals surface area contributed by atoms with Crippen LogP contribution in [0.15, 0.2) is 83.8 Å². The van der Waals surface area contributed by atoms with Crippen LogP contribution in [0, 0.1) is 6.92 Å². The van der Waals surface area contributed by atoms with E-state index in [1.165, 1.54) is 5.56 Å². The zero-order valence-corrected chi connectivity index (χ0v) is 19.4. The standard InChI is InChI=1S/C26H28N2O4S/c1-20-11-13-22(14-12-20)33(30,31)28-24-10-6-5-9-23(24)25(29)27-19-26(15-17-32-18-16-26)21-7-3-2-4-8-21/h2-14,28H,15-19H2,1H3,(H,27,29). The molecule has 4 rings (SSSR count). The number of carbonyl (C=O) groups excluding carboxylic acids is 1. The van der Waals surface area contributed by atoms with Crippen LogP contribution in [0.4, 0.5) is 5.69 Å². The number of carbonyl (C=O) groups is 1. The summed E-state index contributed by atoms with van der Waals surface area (Å²) in [7, 11) is -3.82. The third-order valence-electron chi connectivity index (χ3n) is 6.17. The lowest BCUT2D eigenvalue weighted by atomic mass is 9.74. The van der Waals surface area contributed by atoms with Gasteiger partial charge in [0.1, 0.15) is 0 Å². The van der Waals surface area contributed by atoms with Gasteiger partial charge in [0.05, 0.1) is 16.1 Å². The Morgan fingerprint density at radius 3 is 2.24 bits per heavy atom. The Morgan fingerprint density at radius 1 is 0.909 bits per heavy atom. The van der Waals surface area contributed by atoms with Crippen LogP contribution in [0.2, 0.25) is 0 Å². The zero-order valence-electron chi connectivity index (χ0n) is 18.6. The van der Waals surface area contributed by atoms with E-state index < -0.39 is 10.0 Å². The summed E-state index contributed by atoms with van der Waals surface area (Å²) in [6, 6.07) is 23.4. The summed E-state index contributed by atoms with van der Waals surface area (Å²) < 4.78 is 33.9. The van der Waals surface area contributed by atoms with Crippen molar-refractivity contribution in [1.82, 2.24) is 5.32 Å². The second-order valence-corrected chi connectivity index (χ2v) is 10.1. The van der Waals surface area contributed by atoms with Crippen LogP contribution >= 0.6 is 0 Å². The van der Waals surface area contributed by atoms with Gasteiger partial charge >= 0.3 is 0 Å². The highest BCUT2D eigenvalue weighted by Crippen LogP contribution is 2.34. The maximum Gasteiger partial charge on any atom is 0.261 e. The normalized spacial score (nSPS) is 15.5. The van der Waals surface area contributed by atoms with Crippen molar-refractivity contribution in [3.63, 3.8) is 0 Å². The predicted molar refractivity (Wildman–Crippen MR) is 129 cm³/mol. The predicted octanol–water partition coefficient (Wildman–Crippen LogP) is 4.27. The number of nitrogens with one attached hydrogen (secondary N) is 2. The molecule has 3 aromatic carbocycles. The van der Waals surface area contributed by atoms with Gasteiger partial charge in [0.25, 0.3) is 15.9 Å². The summed E-state index contributed by atoms with van der Waals surface area (Å²) in [5, 5.41) is 3.05. The number of hydrogen-bond donors (Lipinski definition) is 2. The molecule has 172 valence electrons. The Kier molecular flexibility index (Phi) is 6.81. The molecular weight excluding hydrogens is 436 g/mol. The van der Waals surface area contributed by atoms with E-state index in [9.17, 15) is 13.2 Å². The largest absolute Gasteiger partial charge is 0.381 e. The number of rotatable bonds is 7. The maximum atomic E-state index is 13.2. The Labute approximate surface area is 195 Å². The van der Waals surface area contributed by atoms with Crippen molar-refractivity contribution < 1.29 is 17.9 Å². The lowest BCUT2D eigenvalue weighted by molar-refractivity contribution is 0.0487. The fourth-order valence-corrected chi connectivity index (χ4v) is 5.24. The molecule has 0 radical (unpaired) electrons. The van der Waals surface area contributed by atoms with Crippen molar-refractivity contribution in [2.45, 2.75) is 30.1 Å². The van der Waals surface area contributed by atoms with Crippen molar-refractivity contribution >= 4 is 21.6 Å². The van der Waals surface area contributed by atoms with Gasteiger partial charge in [-0.25, -0.2) is 8.42 Å². The molecule has 1 saturated heterocycles. The molecule has 6 nitrogen and oxygen atoms in total. The molecule has 1 fully saturated rings. The molecule has 0 bridgehead atoms. The van der Waals surface area contributed by atoms with E-state index in [1.54, 1.807) is 48.5 Å². The first-order valence-electron chi connectivity index (χ1n) is 11.0. The van der Waals surface area contributed by atoms with E-state index in [0.717, 1.165) is 18.4 Å². The van der Waals surface area contributed by atoms with Crippen LogP contribution < -0.4 is 10.0 Å². The van der Waals surface area contributed by atoms with Crippen LogP contribution in [-0.2, 0) is 20.2 Å². The number of hydrogen-bond acceptors (Lipinski definition) is 4. The van der Waals surface area contributed by atoms with Gasteiger partial charge in [0.15, 0.2) is 0 Å². The Morgan fingerprint density at radius 2 is 1.55 bits per heavy atom. The van der Waals surface area contributed by atoms with E-state index in [4.69, 9.17) is 4.74 Å². The first-order chi connectivity index (χ1) is 15.9. The Balaban J connectivity index is 1.54. The first-order valence-corrected chi connectivity index (χ1v) is 12.5. The fourth-order valence-electron chi connectivity index (χ4n) is 4.16. The molecule has 1 amide bonds. The number of anilines is 1. The van der Waals surface area contributed by atoms with Crippen molar-refractivity contribution in [3.05, 3.63) is 95.6 Å². The smallest absolute Gasteiger partial charge is 0.261 e. The molecule has 0 atom stereocenters. The first kappa shape index (κ1) is 23.0. The average Bonchev–Trinajstić information content (AvgIpc) is 2.84. The minimum atomic E-state index is -3.82. The number of ether oxygens (including phenoxy) is 1. The van der Waals surface area contributed by atoms with Crippen molar-refractivity contribution in [1.29, 1.82) is 0 Å². The minimum absolute atomic E-state index is 0.147. The Bertz CT molecular complexity index is 1200. The van der Waals surface area contributed by atoms with Gasteiger partial charge in [-0.15, -0.1) is 0 Å². The van der Waals surface area contributed by atoms with E-state index in [0.29, 0.717) is 19.8 Å². The topological polar surface area (TPSA) is 84.5 Å². The highest BCUT2D eigenvalue weighted by atomic mass is 32.2. The summed E-state index contributed by atoms with van der Waals surface area (Å²) in [5.74, 6) is -0.320. The van der Waals surface area contributed by atoms with Crippen LogP contribution in [0.3, 0.4) is 0 Å². The van der Waals surface area contributed by atoms with E-state index >= 15 is 0 Å². The van der Waals surface area contributed by atoms with Gasteiger partial charge in [-0.05, 0) is 49.6 Å². The summed E-state index contributed by atoms with van der Waals surface area (Å²) in [4.78, 5) is 13.3. The summed E-state index contributed by atoms with van der Waals surface area (Å²) >= 11 is 0. The van der Waals surface area contributed by atoms with Crippen molar-refractivity contribution in [2.75, 3.05) is 24.5 Å². The van der Waals surface area contributed by atoms with Gasteiger partial charge < -0.3 is 10.1 Å². The van der Waals surface area contributed by atoms with Gasteiger partial charge in [0.2, 0.25) is 0 Å². The minimum Gasteiger partial charge on any atom is -0.381 e. The highest BCUT2D eigenvalue weighted by Gasteiger charge is 2.35. The van der Waals surface area contributed by atoms with E-state index in [1.807, 2.05) is 25.1 Å². The molecule has 0 saturated carbocycles. The second kappa shape index (κ2) is 9.77. The molecule has 33 heavy (non-hydrogen) atoms. The zero-order chi connectivity index (χ0) is 23.3. The molecule has 1 aliphatic heterocycles. The maximum absolute atomic E-state index is 13.2. The van der Waals surface area contributed by atoms with Gasteiger partial charge in [-0.3, -0.25) is 9.52 Å². The molecule has 1 heterocycles. The molecule has 7 heteroatoms. The third-order valence-corrected chi connectivity index (χ3v) is 7.55. The van der Waals surface area contributed by atoms with Crippen LogP contribution in [0.25, 0.3) is 0 Å². The molecule has 3 aromatic rings. The molecule has 0 spiro atoms. The van der Waals surface area contributed by atoms with Crippen molar-refractivity contribution in [2.24, 2.45) is 0 Å². The number of para-hydroxylation sites is 1. The van der Waals surface area contributed by atoms with E-state index in [2.05, 4.69) is 22.2 Å². The lowest BCUT2D eigenvalue weighted by Gasteiger charge is -2.38. The quantitative estimate of drug-likeness (QED) is 0.547. The summed E-state index contributed by atoms with van der Waals surface area (Å²) in [6.07, 6.45) is 1.61. The molecular formula is C26H28N2O4S. The number of sulfonamides is 1. The van der Waals surface area contributed by atoms with Gasteiger partial charge in [-0.2, -0.15) is 0 Å². The third kappa shape index (κ3) is 5.26. The summed E-state index contributed by atoms with van der Waals surface area (Å²) in [5.41, 5.74) is 2.45. The number of amides is 1. The SMILES string of the molecule is Cc1ccc(S(=O)(=O)Nc2ccccc2C(=O)NCC2(c3ccccc3)CCOCC2)cc1. The van der Waals surface area contributed by atoms with Gasteiger partial charge in [-0.1, -0.05) is 60.2 Å². The lowest BCUT2D eigenvalue weighted by Crippen LogP contribution is -2.44. The molecule has 1 aliphatic rings. The summed E-state index contributed by atoms with van der Waals surface area (Å²) in [6.45, 7) is 3.61. The molecule has 0 aliphatic carbocycles. The molecule has 2 N–H and O–H groups in total. The number of aryl methyl sites for hydroxylation is 1. The van der Waals surface area contributed by atoms with Crippen LogP contribution in [0.1, 0.15) is 34.3 Å². The second-order valence-electron chi connectivity index (χ2n) is 8.41. The van der Waals surface area contributed by atoms with Gasteiger partial charge in [0, 0.05) is 25.2 Å². The van der Waals surface area contributed by atoms with Crippen LogP contribution in [-0.4, -0.2) is 34.1 Å². The Hall–Kier alpha value is -3.16. The molecule has 0 unspecified atom stereocenters. The fraction of sp³-hybridized carbons (Fsp3) is 0.269. The number of benzene rings is 3. The van der Waals surface area contributed by atoms with E-state index in [-0.39, 0.29) is 27.5 Å². The van der Waals surface area contributed by atoms with Crippen molar-refractivity contribution in [3.8, 4) is 0 Å². The molecule has 0 aromatic heterocycles. The van der Waals surface area contributed by atoms with Crippen LogP contribution in [0.5, 0.6) is 0 Å². The average molecular weight is 465 g/mol.